The minimum atomic E-state index is -1.01. The highest BCUT2D eigenvalue weighted by Gasteiger charge is 2.73. The smallest absolute Gasteiger partial charge is 0.336 e. The van der Waals surface area contributed by atoms with E-state index in [1.807, 2.05) is 74.5 Å². The first-order chi connectivity index (χ1) is 25.3. The van der Waals surface area contributed by atoms with E-state index in [0.717, 1.165) is 48.0 Å². The Morgan fingerprint density at radius 2 is 1.49 bits per heavy atom. The molecule has 0 radical (unpaired) electrons. The molecular weight excluding hydrogens is 668 g/mol. The van der Waals surface area contributed by atoms with Crippen molar-refractivity contribution in [1.29, 1.82) is 0 Å². The summed E-state index contributed by atoms with van der Waals surface area (Å²) in [7, 11) is 0. The van der Waals surface area contributed by atoms with E-state index < -0.39 is 35.1 Å². The predicted octanol–water partition coefficient (Wildman–Crippen LogP) is 7.90. The number of benzene rings is 2. The highest BCUT2D eigenvalue weighted by Crippen LogP contribution is 2.74. The standard InChI is InChI=1S/C45H62O8/c1-29(2)14-13-19-33(42(49)53-28-51-26-32-17-11-8-12-18-32)38-34-20-21-37-43(4)23-22-36(52-27-50-25-31-15-9-7-10-16-31)30(3)39(43)40(47)41(48)45(37,6)44(34,5)24-35(38)46/h7-12,14-18,30,34-37,39-41,46-48H,13,19-28H2,1-6H3/b38-33-. The van der Waals surface area contributed by atoms with Gasteiger partial charge in [-0.2, -0.15) is 0 Å². The van der Waals surface area contributed by atoms with Gasteiger partial charge in [-0.25, -0.2) is 4.79 Å². The zero-order chi connectivity index (χ0) is 38.0. The highest BCUT2D eigenvalue weighted by molar-refractivity contribution is 5.90. The number of aliphatic hydroxyl groups is 3. The van der Waals surface area contributed by atoms with E-state index in [4.69, 9.17) is 18.9 Å². The van der Waals surface area contributed by atoms with Crippen LogP contribution in [0.2, 0.25) is 0 Å². The highest BCUT2D eigenvalue weighted by atomic mass is 16.7. The number of rotatable bonds is 13. The fourth-order valence-corrected chi connectivity index (χ4v) is 11.6. The van der Waals surface area contributed by atoms with Gasteiger partial charge in [-0.3, -0.25) is 0 Å². The fourth-order valence-electron chi connectivity index (χ4n) is 11.6. The van der Waals surface area contributed by atoms with E-state index in [1.165, 1.54) is 0 Å². The number of esters is 1. The topological polar surface area (TPSA) is 115 Å². The van der Waals surface area contributed by atoms with E-state index in [2.05, 4.69) is 33.8 Å². The molecule has 8 nitrogen and oxygen atoms in total. The van der Waals surface area contributed by atoms with Crippen molar-refractivity contribution < 1.29 is 39.1 Å². The third-order valence-corrected chi connectivity index (χ3v) is 14.2. The molecule has 290 valence electrons. The third kappa shape index (κ3) is 7.57. The van der Waals surface area contributed by atoms with Gasteiger partial charge in [0.1, 0.15) is 6.79 Å². The summed E-state index contributed by atoms with van der Waals surface area (Å²) in [6.07, 6.45) is 4.04. The average molecular weight is 731 g/mol. The van der Waals surface area contributed by atoms with Gasteiger partial charge >= 0.3 is 5.97 Å². The van der Waals surface area contributed by atoms with Crippen molar-refractivity contribution in [3.8, 4) is 0 Å². The largest absolute Gasteiger partial charge is 0.435 e. The number of hydrogen-bond donors (Lipinski definition) is 3. The van der Waals surface area contributed by atoms with Crippen LogP contribution in [0.15, 0.2) is 83.5 Å². The van der Waals surface area contributed by atoms with Crippen LogP contribution < -0.4 is 0 Å². The molecule has 0 spiro atoms. The molecule has 4 saturated carbocycles. The number of hydrogen-bond acceptors (Lipinski definition) is 8. The molecule has 4 aliphatic carbocycles. The van der Waals surface area contributed by atoms with Crippen LogP contribution in [0.4, 0.5) is 0 Å². The van der Waals surface area contributed by atoms with E-state index >= 15 is 0 Å². The molecule has 53 heavy (non-hydrogen) atoms. The molecule has 3 N–H and O–H groups in total. The molecule has 8 heteroatoms. The summed E-state index contributed by atoms with van der Waals surface area (Å²) in [6.45, 7) is 13.7. The maximum atomic E-state index is 13.9. The van der Waals surface area contributed by atoms with Crippen LogP contribution in [0.1, 0.15) is 97.6 Å². The Kier molecular flexibility index (Phi) is 12.4. The van der Waals surface area contributed by atoms with Gasteiger partial charge in [-0.15, -0.1) is 0 Å². The molecule has 0 aliphatic heterocycles. The van der Waals surface area contributed by atoms with Crippen molar-refractivity contribution in [1.82, 2.24) is 0 Å². The lowest BCUT2D eigenvalue weighted by molar-refractivity contribution is -0.289. The lowest BCUT2D eigenvalue weighted by Gasteiger charge is -2.70. The summed E-state index contributed by atoms with van der Waals surface area (Å²) in [5.41, 5.74) is 3.00. The van der Waals surface area contributed by atoms with Gasteiger partial charge in [-0.1, -0.05) is 100 Å². The molecule has 2 aromatic rings. The molecule has 4 aliphatic rings. The Bertz CT molecular complexity index is 1600. The number of fused-ring (bicyclic) bond motifs is 5. The Hall–Kier alpha value is -2.85. The number of allylic oxidation sites excluding steroid dienone is 2. The van der Waals surface area contributed by atoms with Gasteiger partial charge in [0.05, 0.1) is 37.6 Å². The molecular formula is C45H62O8. The van der Waals surface area contributed by atoms with Gasteiger partial charge in [0, 0.05) is 11.0 Å². The normalized spacial score (nSPS) is 37.2. The van der Waals surface area contributed by atoms with Gasteiger partial charge in [-0.05, 0) is 110 Å². The summed E-state index contributed by atoms with van der Waals surface area (Å²) in [5.74, 6) is -0.633. The van der Waals surface area contributed by atoms with E-state index in [1.54, 1.807) is 0 Å². The molecule has 0 bridgehead atoms. The summed E-state index contributed by atoms with van der Waals surface area (Å²) >= 11 is 0. The van der Waals surface area contributed by atoms with E-state index in [-0.39, 0.29) is 48.8 Å². The zero-order valence-electron chi connectivity index (χ0n) is 32.6. The zero-order valence-corrected chi connectivity index (χ0v) is 32.6. The van der Waals surface area contributed by atoms with Crippen LogP contribution in [-0.4, -0.2) is 59.3 Å². The van der Waals surface area contributed by atoms with Crippen molar-refractivity contribution >= 4 is 5.97 Å². The van der Waals surface area contributed by atoms with Crippen molar-refractivity contribution in [2.24, 2.45) is 39.9 Å². The van der Waals surface area contributed by atoms with Crippen LogP contribution in [-0.2, 0) is 37.0 Å². The molecule has 11 unspecified atom stereocenters. The number of aliphatic hydroxyl groups excluding tert-OH is 3. The minimum absolute atomic E-state index is 0.0130. The summed E-state index contributed by atoms with van der Waals surface area (Å²) < 4.78 is 23.6. The Balaban J connectivity index is 1.21. The lowest BCUT2D eigenvalue weighted by Crippen LogP contribution is -2.71. The van der Waals surface area contributed by atoms with Gasteiger partial charge in [0.2, 0.25) is 0 Å². The van der Waals surface area contributed by atoms with Crippen molar-refractivity contribution in [3.05, 3.63) is 94.6 Å². The first-order valence-electron chi connectivity index (χ1n) is 19.8. The Morgan fingerprint density at radius 3 is 2.11 bits per heavy atom. The second-order valence-corrected chi connectivity index (χ2v) is 17.3. The number of ether oxygens (including phenoxy) is 4. The third-order valence-electron chi connectivity index (χ3n) is 14.2. The maximum absolute atomic E-state index is 13.9. The summed E-state index contributed by atoms with van der Waals surface area (Å²) in [5, 5.41) is 36.5. The molecule has 0 amide bonds. The van der Waals surface area contributed by atoms with Gasteiger partial charge in [0.25, 0.3) is 0 Å². The number of carbonyl (C=O) groups is 1. The van der Waals surface area contributed by atoms with Gasteiger partial charge in [0.15, 0.2) is 6.79 Å². The van der Waals surface area contributed by atoms with Crippen LogP contribution in [0, 0.1) is 39.9 Å². The van der Waals surface area contributed by atoms with Crippen molar-refractivity contribution in [3.63, 3.8) is 0 Å². The average Bonchev–Trinajstić information content (AvgIpc) is 3.41. The Labute approximate surface area is 316 Å². The Morgan fingerprint density at radius 1 is 0.868 bits per heavy atom. The molecule has 0 saturated heterocycles. The first-order valence-corrected chi connectivity index (χ1v) is 19.8. The quantitative estimate of drug-likeness (QED) is 0.0627. The maximum Gasteiger partial charge on any atom is 0.336 e. The van der Waals surface area contributed by atoms with E-state index in [9.17, 15) is 20.1 Å². The molecule has 0 heterocycles. The van der Waals surface area contributed by atoms with Crippen LogP contribution in [0.3, 0.4) is 0 Å². The van der Waals surface area contributed by atoms with Crippen LogP contribution >= 0.6 is 0 Å². The van der Waals surface area contributed by atoms with E-state index in [0.29, 0.717) is 38.0 Å². The SMILES string of the molecule is CC(C)=CCC/C(C(=O)OCOCc1ccccc1)=C1/C(O)CC2(C)C1CCC1C3(C)CCC(OCOCc4ccccc4)C(C)C3C(O)C(O)C12C. The van der Waals surface area contributed by atoms with Crippen LogP contribution in [0.5, 0.6) is 0 Å². The fraction of sp³-hybridized carbons (Fsp3) is 0.622. The monoisotopic (exact) mass is 730 g/mol. The molecule has 4 fully saturated rings. The first kappa shape index (κ1) is 39.8. The van der Waals surface area contributed by atoms with Crippen molar-refractivity contribution in [2.45, 2.75) is 124 Å². The van der Waals surface area contributed by atoms with Crippen molar-refractivity contribution in [2.75, 3.05) is 13.6 Å². The van der Waals surface area contributed by atoms with Gasteiger partial charge < -0.3 is 34.3 Å². The second-order valence-electron chi connectivity index (χ2n) is 17.3. The lowest BCUT2D eigenvalue weighted by atomic mass is 9.35. The number of carbonyl (C=O) groups excluding carboxylic acids is 1. The predicted molar refractivity (Wildman–Crippen MR) is 204 cm³/mol. The second kappa shape index (κ2) is 16.5. The molecule has 6 rings (SSSR count). The van der Waals surface area contributed by atoms with Crippen LogP contribution in [0.25, 0.3) is 0 Å². The summed E-state index contributed by atoms with van der Waals surface area (Å²) in [4.78, 5) is 13.9. The minimum Gasteiger partial charge on any atom is -0.435 e. The molecule has 0 aromatic heterocycles. The summed E-state index contributed by atoms with van der Waals surface area (Å²) in [6, 6.07) is 19.8. The molecule has 11 atom stereocenters. The molecule has 2 aromatic carbocycles.